The summed E-state index contributed by atoms with van der Waals surface area (Å²) in [7, 11) is 0. The Balaban J connectivity index is 2.54. The molecule has 13 heavy (non-hydrogen) atoms. The predicted octanol–water partition coefficient (Wildman–Crippen LogP) is 1.20. The van der Waals surface area contributed by atoms with Gasteiger partial charge in [0.1, 0.15) is 18.1 Å². The second kappa shape index (κ2) is 2.76. The molecule has 0 spiro atoms. The van der Waals surface area contributed by atoms with Crippen molar-refractivity contribution in [1.29, 1.82) is 0 Å². The summed E-state index contributed by atoms with van der Waals surface area (Å²) >= 11 is 0. The Morgan fingerprint density at radius 3 is 3.00 bits per heavy atom. The van der Waals surface area contributed by atoms with Gasteiger partial charge in [0.05, 0.1) is 0 Å². The van der Waals surface area contributed by atoms with Gasteiger partial charge in [-0.1, -0.05) is 0 Å². The fourth-order valence-corrected chi connectivity index (χ4v) is 1.48. The molecule has 2 rings (SSSR count). The van der Waals surface area contributed by atoms with Crippen molar-refractivity contribution in [1.82, 2.24) is 0 Å². The molecular formula is C10H10O3. The monoisotopic (exact) mass is 178 g/mol. The van der Waals surface area contributed by atoms with Crippen LogP contribution in [0.4, 0.5) is 0 Å². The van der Waals surface area contributed by atoms with E-state index in [0.717, 1.165) is 16.9 Å². The van der Waals surface area contributed by atoms with E-state index in [1.54, 1.807) is 19.1 Å². The Hall–Kier alpha value is -1.51. The first kappa shape index (κ1) is 8.10. The van der Waals surface area contributed by atoms with E-state index in [9.17, 15) is 9.90 Å². The molecule has 0 amide bonds. The Morgan fingerprint density at radius 2 is 2.23 bits per heavy atom. The van der Waals surface area contributed by atoms with Gasteiger partial charge in [-0.25, -0.2) is 0 Å². The van der Waals surface area contributed by atoms with Crippen LogP contribution in [-0.2, 0) is 11.2 Å². The van der Waals surface area contributed by atoms with Crippen molar-refractivity contribution in [3.63, 3.8) is 0 Å². The maximum Gasteiger partial charge on any atom is 0.174 e. The fourth-order valence-electron chi connectivity index (χ4n) is 1.48. The van der Waals surface area contributed by atoms with E-state index in [1.165, 1.54) is 0 Å². The third-order valence-electron chi connectivity index (χ3n) is 2.29. The fraction of sp³-hybridized carbons (Fsp3) is 0.300. The van der Waals surface area contributed by atoms with Crippen LogP contribution in [0.25, 0.3) is 0 Å². The molecule has 0 unspecified atom stereocenters. The van der Waals surface area contributed by atoms with Crippen LogP contribution < -0.4 is 4.74 Å². The molecule has 1 heterocycles. The van der Waals surface area contributed by atoms with Crippen LogP contribution in [-0.4, -0.2) is 17.5 Å². The zero-order valence-electron chi connectivity index (χ0n) is 7.33. The van der Waals surface area contributed by atoms with Crippen LogP contribution in [0.1, 0.15) is 11.1 Å². The second-order valence-corrected chi connectivity index (χ2v) is 3.19. The first-order valence-electron chi connectivity index (χ1n) is 4.14. The lowest BCUT2D eigenvalue weighted by molar-refractivity contribution is -0.121. The summed E-state index contributed by atoms with van der Waals surface area (Å²) in [5, 5.41) is 9.39. The number of ketones is 1. The van der Waals surface area contributed by atoms with Crippen LogP contribution in [0.2, 0.25) is 0 Å². The standard InChI is InChI=1S/C10H10O3/c1-6-8-4-7(11)5-13-10(8)3-2-9(6)12/h2-3,12H,4-5H2,1H3. The highest BCUT2D eigenvalue weighted by Crippen LogP contribution is 2.31. The van der Waals surface area contributed by atoms with Gasteiger partial charge in [0.25, 0.3) is 0 Å². The van der Waals surface area contributed by atoms with Gasteiger partial charge >= 0.3 is 0 Å². The van der Waals surface area contributed by atoms with Crippen molar-refractivity contribution in [2.24, 2.45) is 0 Å². The molecule has 1 aromatic carbocycles. The number of Topliss-reactive ketones (excluding diaryl/α,β-unsaturated/α-hetero) is 1. The first-order chi connectivity index (χ1) is 6.18. The Bertz CT molecular complexity index is 369. The molecule has 0 saturated carbocycles. The lowest BCUT2D eigenvalue weighted by atomic mass is 9.99. The van der Waals surface area contributed by atoms with Crippen LogP contribution in [0.15, 0.2) is 12.1 Å². The summed E-state index contributed by atoms with van der Waals surface area (Å²) in [6, 6.07) is 3.29. The number of carbonyl (C=O) groups excluding carboxylic acids is 1. The summed E-state index contributed by atoms with van der Waals surface area (Å²) in [4.78, 5) is 11.1. The molecule has 1 N–H and O–H groups in total. The molecule has 68 valence electrons. The second-order valence-electron chi connectivity index (χ2n) is 3.19. The number of fused-ring (bicyclic) bond motifs is 1. The van der Waals surface area contributed by atoms with Crippen molar-refractivity contribution in [3.8, 4) is 11.5 Å². The number of ether oxygens (including phenoxy) is 1. The minimum Gasteiger partial charge on any atom is -0.508 e. The minimum atomic E-state index is 0.0567. The van der Waals surface area contributed by atoms with Gasteiger partial charge < -0.3 is 9.84 Å². The highest BCUT2D eigenvalue weighted by atomic mass is 16.5. The van der Waals surface area contributed by atoms with E-state index in [0.29, 0.717) is 6.42 Å². The van der Waals surface area contributed by atoms with Crippen LogP contribution in [0, 0.1) is 6.92 Å². The molecule has 0 fully saturated rings. The molecule has 0 aromatic heterocycles. The van der Waals surface area contributed by atoms with Gasteiger partial charge in [-0.2, -0.15) is 0 Å². The molecule has 1 aromatic rings. The van der Waals surface area contributed by atoms with Crippen molar-refractivity contribution in [2.45, 2.75) is 13.3 Å². The highest BCUT2D eigenvalue weighted by Gasteiger charge is 2.19. The first-order valence-corrected chi connectivity index (χ1v) is 4.14. The highest BCUT2D eigenvalue weighted by molar-refractivity contribution is 5.85. The zero-order valence-corrected chi connectivity index (χ0v) is 7.33. The minimum absolute atomic E-state index is 0.0567. The van der Waals surface area contributed by atoms with Crippen molar-refractivity contribution >= 4 is 5.78 Å². The van der Waals surface area contributed by atoms with Gasteiger partial charge in [0, 0.05) is 12.0 Å². The van der Waals surface area contributed by atoms with Gasteiger partial charge in [0.2, 0.25) is 0 Å². The smallest absolute Gasteiger partial charge is 0.174 e. The molecule has 0 saturated heterocycles. The van der Waals surface area contributed by atoms with E-state index < -0.39 is 0 Å². The van der Waals surface area contributed by atoms with Gasteiger partial charge in [0.15, 0.2) is 5.78 Å². The van der Waals surface area contributed by atoms with Crippen LogP contribution in [0.3, 0.4) is 0 Å². The van der Waals surface area contributed by atoms with Gasteiger partial charge in [-0.05, 0) is 24.6 Å². The van der Waals surface area contributed by atoms with E-state index >= 15 is 0 Å². The lowest BCUT2D eigenvalue weighted by Gasteiger charge is -2.18. The summed E-state index contributed by atoms with van der Waals surface area (Å²) in [6.45, 7) is 1.94. The van der Waals surface area contributed by atoms with Crippen LogP contribution in [0.5, 0.6) is 11.5 Å². The number of benzene rings is 1. The SMILES string of the molecule is Cc1c(O)ccc2c1CC(=O)CO2. The summed E-state index contributed by atoms with van der Waals surface area (Å²) < 4.78 is 5.21. The average Bonchev–Trinajstić information content (AvgIpc) is 2.12. The molecule has 0 radical (unpaired) electrons. The molecule has 3 nitrogen and oxygen atoms in total. The Kier molecular flexibility index (Phi) is 1.72. The van der Waals surface area contributed by atoms with E-state index in [-0.39, 0.29) is 18.1 Å². The molecular weight excluding hydrogens is 168 g/mol. The lowest BCUT2D eigenvalue weighted by Crippen LogP contribution is -2.20. The molecule has 1 aliphatic rings. The Morgan fingerprint density at radius 1 is 1.46 bits per heavy atom. The largest absolute Gasteiger partial charge is 0.508 e. The number of hydrogen-bond acceptors (Lipinski definition) is 3. The number of phenols is 1. The maximum absolute atomic E-state index is 11.1. The Labute approximate surface area is 76.0 Å². The van der Waals surface area contributed by atoms with Crippen molar-refractivity contribution < 1.29 is 14.6 Å². The maximum atomic E-state index is 11.1. The summed E-state index contributed by atoms with van der Waals surface area (Å²) in [5.74, 6) is 0.994. The summed E-state index contributed by atoms with van der Waals surface area (Å²) in [5.41, 5.74) is 1.56. The third kappa shape index (κ3) is 1.26. The number of carbonyl (C=O) groups is 1. The topological polar surface area (TPSA) is 46.5 Å². The number of rotatable bonds is 0. The van der Waals surface area contributed by atoms with E-state index in [1.807, 2.05) is 0 Å². The van der Waals surface area contributed by atoms with Gasteiger partial charge in [-0.3, -0.25) is 4.79 Å². The quantitative estimate of drug-likeness (QED) is 0.649. The zero-order chi connectivity index (χ0) is 9.42. The normalized spacial score (nSPS) is 15.0. The number of phenolic OH excluding ortho intramolecular Hbond substituents is 1. The molecule has 3 heteroatoms. The molecule has 0 atom stereocenters. The molecule has 0 bridgehead atoms. The molecule has 1 aliphatic heterocycles. The number of hydrogen-bond donors (Lipinski definition) is 1. The van der Waals surface area contributed by atoms with Gasteiger partial charge in [-0.15, -0.1) is 0 Å². The van der Waals surface area contributed by atoms with E-state index in [2.05, 4.69) is 0 Å². The van der Waals surface area contributed by atoms with Crippen molar-refractivity contribution in [3.05, 3.63) is 23.3 Å². The predicted molar refractivity (Wildman–Crippen MR) is 47.0 cm³/mol. The third-order valence-corrected chi connectivity index (χ3v) is 2.29. The van der Waals surface area contributed by atoms with Crippen LogP contribution >= 0.6 is 0 Å². The number of aromatic hydroxyl groups is 1. The van der Waals surface area contributed by atoms with Crippen molar-refractivity contribution in [2.75, 3.05) is 6.61 Å². The van der Waals surface area contributed by atoms with E-state index in [4.69, 9.17) is 4.74 Å². The molecule has 0 aliphatic carbocycles. The summed E-state index contributed by atoms with van der Waals surface area (Å²) in [6.07, 6.45) is 0.371. The average molecular weight is 178 g/mol.